The minimum Gasteiger partial charge on any atom is -0.494 e. The molecule has 2 aromatic rings. The first kappa shape index (κ1) is 20.1. The van der Waals surface area contributed by atoms with Crippen LogP contribution in [0.5, 0.6) is 5.75 Å². The normalized spacial score (nSPS) is 13.2. The molecule has 2 N–H and O–H groups in total. The third-order valence-corrected chi connectivity index (χ3v) is 5.64. The molecule has 2 rings (SSSR count). The molecule has 1 atom stereocenters. The lowest BCUT2D eigenvalue weighted by Gasteiger charge is -2.16. The molecule has 0 unspecified atom stereocenters. The molecular weight excluding hydrogens is 383 g/mol. The van der Waals surface area contributed by atoms with E-state index in [2.05, 4.69) is 9.44 Å². The summed E-state index contributed by atoms with van der Waals surface area (Å²) in [5.74, 6) is -0.523. The molecule has 0 aliphatic heterocycles. The number of hydrogen-bond acceptors (Lipinski definition) is 5. The molecular formula is C16H19FN2O5S2. The Kier molecular flexibility index (Phi) is 5.89. The van der Waals surface area contributed by atoms with Crippen molar-refractivity contribution in [1.29, 1.82) is 0 Å². The number of anilines is 1. The van der Waals surface area contributed by atoms with Crippen LogP contribution >= 0.6 is 0 Å². The van der Waals surface area contributed by atoms with Gasteiger partial charge in [0, 0.05) is 11.7 Å². The Balaban J connectivity index is 2.18. The molecule has 0 saturated carbocycles. The highest BCUT2D eigenvalue weighted by Crippen LogP contribution is 2.23. The number of rotatable bonds is 7. The summed E-state index contributed by atoms with van der Waals surface area (Å²) in [4.78, 5) is -0.0441. The van der Waals surface area contributed by atoms with Crippen LogP contribution in [0.25, 0.3) is 0 Å². The van der Waals surface area contributed by atoms with Crippen LogP contribution in [0.1, 0.15) is 18.5 Å². The highest BCUT2D eigenvalue weighted by atomic mass is 32.2. The van der Waals surface area contributed by atoms with Gasteiger partial charge in [0.25, 0.3) is 0 Å². The molecule has 0 radical (unpaired) electrons. The van der Waals surface area contributed by atoms with Crippen LogP contribution in [0.3, 0.4) is 0 Å². The van der Waals surface area contributed by atoms with E-state index in [0.29, 0.717) is 5.56 Å². The zero-order chi connectivity index (χ0) is 19.5. The molecule has 0 fully saturated rings. The van der Waals surface area contributed by atoms with Crippen LogP contribution in [-0.2, 0) is 20.0 Å². The maximum absolute atomic E-state index is 13.8. The van der Waals surface area contributed by atoms with Crippen molar-refractivity contribution in [3.05, 3.63) is 53.8 Å². The van der Waals surface area contributed by atoms with Gasteiger partial charge in [-0.05, 0) is 48.9 Å². The highest BCUT2D eigenvalue weighted by Gasteiger charge is 2.19. The zero-order valence-electron chi connectivity index (χ0n) is 14.4. The summed E-state index contributed by atoms with van der Waals surface area (Å²) in [6, 6.07) is 8.73. The number of nitrogens with one attached hydrogen (secondary N) is 2. The molecule has 0 aliphatic carbocycles. The molecule has 7 nitrogen and oxygen atoms in total. The fraction of sp³-hybridized carbons (Fsp3) is 0.250. The molecule has 0 aliphatic rings. The molecule has 0 saturated heterocycles. The minimum atomic E-state index is -3.88. The van der Waals surface area contributed by atoms with Crippen LogP contribution in [0, 0.1) is 5.82 Å². The third kappa shape index (κ3) is 5.16. The summed E-state index contributed by atoms with van der Waals surface area (Å²) in [7, 11) is -5.99. The molecule has 10 heteroatoms. The number of halogens is 1. The lowest BCUT2D eigenvalue weighted by Crippen LogP contribution is -2.27. The summed E-state index contributed by atoms with van der Waals surface area (Å²) in [6.45, 7) is 1.58. The van der Waals surface area contributed by atoms with E-state index in [1.807, 2.05) is 0 Å². The molecule has 0 aromatic heterocycles. The van der Waals surface area contributed by atoms with Crippen molar-refractivity contribution in [1.82, 2.24) is 4.72 Å². The average molecular weight is 402 g/mol. The Morgan fingerprint density at radius 1 is 1.04 bits per heavy atom. The highest BCUT2D eigenvalue weighted by molar-refractivity contribution is 7.92. The number of ether oxygens (including phenoxy) is 1. The SMILES string of the molecule is COc1ccc([C@@H](C)NS(=O)(=O)c2ccc(NS(C)(=O)=O)cc2)cc1F. The van der Waals surface area contributed by atoms with Gasteiger partial charge in [-0.15, -0.1) is 0 Å². The van der Waals surface area contributed by atoms with E-state index in [1.165, 1.54) is 43.5 Å². The molecule has 0 heterocycles. The third-order valence-electron chi connectivity index (χ3n) is 3.48. The second kappa shape index (κ2) is 7.60. The van der Waals surface area contributed by atoms with Gasteiger partial charge in [-0.25, -0.2) is 25.9 Å². The van der Waals surface area contributed by atoms with Gasteiger partial charge >= 0.3 is 0 Å². The van der Waals surface area contributed by atoms with E-state index in [0.717, 1.165) is 6.26 Å². The minimum absolute atomic E-state index is 0.0441. The van der Waals surface area contributed by atoms with E-state index in [-0.39, 0.29) is 16.3 Å². The zero-order valence-corrected chi connectivity index (χ0v) is 16.0. The van der Waals surface area contributed by atoms with Crippen molar-refractivity contribution in [3.63, 3.8) is 0 Å². The first-order valence-electron chi connectivity index (χ1n) is 7.45. The van der Waals surface area contributed by atoms with Crippen LogP contribution in [0.2, 0.25) is 0 Å². The van der Waals surface area contributed by atoms with Crippen molar-refractivity contribution < 1.29 is 26.0 Å². The first-order valence-corrected chi connectivity index (χ1v) is 10.8. The van der Waals surface area contributed by atoms with Gasteiger partial charge < -0.3 is 4.74 Å². The Bertz CT molecular complexity index is 990. The van der Waals surface area contributed by atoms with Crippen molar-refractivity contribution in [2.45, 2.75) is 17.9 Å². The topological polar surface area (TPSA) is 102 Å². The fourth-order valence-corrected chi connectivity index (χ4v) is 4.03. The Morgan fingerprint density at radius 3 is 2.15 bits per heavy atom. The van der Waals surface area contributed by atoms with E-state index in [1.54, 1.807) is 13.0 Å². The molecule has 142 valence electrons. The second-order valence-corrected chi connectivity index (χ2v) is 9.10. The largest absolute Gasteiger partial charge is 0.494 e. The van der Waals surface area contributed by atoms with Crippen LogP contribution in [0.4, 0.5) is 10.1 Å². The average Bonchev–Trinajstić information content (AvgIpc) is 2.53. The van der Waals surface area contributed by atoms with Crippen molar-refractivity contribution in [2.24, 2.45) is 0 Å². The Labute approximate surface area is 152 Å². The summed E-state index contributed by atoms with van der Waals surface area (Å²) >= 11 is 0. The van der Waals surface area contributed by atoms with Gasteiger partial charge in [-0.1, -0.05) is 6.07 Å². The molecule has 26 heavy (non-hydrogen) atoms. The standard InChI is InChI=1S/C16H19FN2O5S2/c1-11(12-4-9-16(24-2)15(17)10-12)18-26(22,23)14-7-5-13(6-8-14)19-25(3,20)21/h4-11,18-19H,1-3H3/t11-/m1/s1. The number of methoxy groups -OCH3 is 1. The summed E-state index contributed by atoms with van der Waals surface area (Å²) in [5, 5.41) is 0. The van der Waals surface area contributed by atoms with E-state index >= 15 is 0 Å². The Morgan fingerprint density at radius 2 is 1.65 bits per heavy atom. The summed E-state index contributed by atoms with van der Waals surface area (Å²) in [5.41, 5.74) is 0.680. The Hall–Kier alpha value is -2.17. The van der Waals surface area contributed by atoms with Gasteiger partial charge in [0.2, 0.25) is 20.0 Å². The van der Waals surface area contributed by atoms with Gasteiger partial charge in [-0.2, -0.15) is 0 Å². The summed E-state index contributed by atoms with van der Waals surface area (Å²) < 4.78 is 70.6. The summed E-state index contributed by atoms with van der Waals surface area (Å²) in [6.07, 6.45) is 0.995. The lowest BCUT2D eigenvalue weighted by atomic mass is 10.1. The quantitative estimate of drug-likeness (QED) is 0.740. The van der Waals surface area contributed by atoms with E-state index in [4.69, 9.17) is 4.74 Å². The van der Waals surface area contributed by atoms with E-state index < -0.39 is 31.9 Å². The first-order chi connectivity index (χ1) is 12.0. The fourth-order valence-electron chi connectivity index (χ4n) is 2.24. The molecule has 2 aromatic carbocycles. The predicted octanol–water partition coefficient (Wildman–Crippen LogP) is 2.25. The molecule has 0 spiro atoms. The van der Waals surface area contributed by atoms with Gasteiger partial charge in [0.05, 0.1) is 18.3 Å². The van der Waals surface area contributed by atoms with Crippen molar-refractivity contribution in [2.75, 3.05) is 18.1 Å². The number of benzene rings is 2. The van der Waals surface area contributed by atoms with Crippen molar-refractivity contribution in [3.8, 4) is 5.75 Å². The molecule has 0 bridgehead atoms. The lowest BCUT2D eigenvalue weighted by molar-refractivity contribution is 0.386. The monoisotopic (exact) mass is 402 g/mol. The maximum Gasteiger partial charge on any atom is 0.241 e. The number of sulfonamides is 2. The van der Waals surface area contributed by atoms with Crippen LogP contribution in [-0.4, -0.2) is 30.2 Å². The number of hydrogen-bond donors (Lipinski definition) is 2. The van der Waals surface area contributed by atoms with Gasteiger partial charge in [0.15, 0.2) is 11.6 Å². The van der Waals surface area contributed by atoms with Crippen LogP contribution in [0.15, 0.2) is 47.4 Å². The smallest absolute Gasteiger partial charge is 0.241 e. The van der Waals surface area contributed by atoms with Gasteiger partial charge in [0.1, 0.15) is 0 Å². The maximum atomic E-state index is 13.8. The predicted molar refractivity (Wildman–Crippen MR) is 96.6 cm³/mol. The van der Waals surface area contributed by atoms with Crippen molar-refractivity contribution >= 4 is 25.7 Å². The van der Waals surface area contributed by atoms with Gasteiger partial charge in [-0.3, -0.25) is 4.72 Å². The van der Waals surface area contributed by atoms with Crippen LogP contribution < -0.4 is 14.2 Å². The second-order valence-electron chi connectivity index (χ2n) is 5.64. The molecule has 0 amide bonds. The van der Waals surface area contributed by atoms with E-state index in [9.17, 15) is 21.2 Å².